The first-order valence-corrected chi connectivity index (χ1v) is 16.4. The Morgan fingerprint density at radius 1 is 0.829 bits per heavy atom. The van der Waals surface area contributed by atoms with E-state index in [4.69, 9.17) is 9.47 Å². The second-order valence-electron chi connectivity index (χ2n) is 12.6. The van der Waals surface area contributed by atoms with Gasteiger partial charge in [0.1, 0.15) is 6.10 Å². The zero-order valence-corrected chi connectivity index (χ0v) is 27.0. The van der Waals surface area contributed by atoms with E-state index in [1.54, 1.807) is 0 Å². The molecule has 41 heavy (non-hydrogen) atoms. The molecular weight excluding hydrogens is 520 g/mol. The van der Waals surface area contributed by atoms with Gasteiger partial charge in [0, 0.05) is 57.9 Å². The quantitative estimate of drug-likeness (QED) is 0.161. The molecule has 2 aliphatic rings. The van der Waals surface area contributed by atoms with E-state index in [-0.39, 0.29) is 17.7 Å². The molecule has 0 radical (unpaired) electrons. The van der Waals surface area contributed by atoms with Gasteiger partial charge in [-0.05, 0) is 71.0 Å². The monoisotopic (exact) mass is 582 g/mol. The van der Waals surface area contributed by atoms with Crippen molar-refractivity contribution >= 4 is 11.8 Å². The summed E-state index contributed by atoms with van der Waals surface area (Å²) in [5, 5.41) is 13.1. The molecule has 2 rings (SSSR count). The molecule has 4 N–H and O–H groups in total. The van der Waals surface area contributed by atoms with E-state index in [1.165, 1.54) is 0 Å². The lowest BCUT2D eigenvalue weighted by Crippen LogP contribution is -2.51. The van der Waals surface area contributed by atoms with E-state index in [0.29, 0.717) is 63.4 Å². The summed E-state index contributed by atoms with van der Waals surface area (Å²) in [5.41, 5.74) is 0. The number of hydrogen-bond donors (Lipinski definition) is 4. The minimum Gasteiger partial charge on any atom is -0.378 e. The van der Waals surface area contributed by atoms with Crippen LogP contribution in [0.25, 0.3) is 0 Å². The first-order chi connectivity index (χ1) is 19.7. The Morgan fingerprint density at radius 2 is 1.39 bits per heavy atom. The smallest absolute Gasteiger partial charge is 0.250 e. The van der Waals surface area contributed by atoms with Gasteiger partial charge in [-0.25, -0.2) is 0 Å². The molecule has 0 aromatic heterocycles. The third-order valence-electron chi connectivity index (χ3n) is 8.40. The van der Waals surface area contributed by atoms with Crippen LogP contribution >= 0.6 is 0 Å². The number of nitrogens with one attached hydrogen (secondary N) is 4. The van der Waals surface area contributed by atoms with Crippen LogP contribution in [-0.4, -0.2) is 125 Å². The van der Waals surface area contributed by atoms with Crippen molar-refractivity contribution < 1.29 is 19.1 Å². The molecule has 240 valence electrons. The predicted molar refractivity (Wildman–Crippen MR) is 166 cm³/mol. The fourth-order valence-corrected chi connectivity index (χ4v) is 5.42. The van der Waals surface area contributed by atoms with Gasteiger partial charge in [-0.15, -0.1) is 0 Å². The molecule has 2 aliphatic heterocycles. The molecule has 2 heterocycles. The van der Waals surface area contributed by atoms with Gasteiger partial charge in [-0.2, -0.15) is 0 Å². The molecule has 0 saturated carbocycles. The summed E-state index contributed by atoms with van der Waals surface area (Å²) in [6, 6.07) is 1.08. The van der Waals surface area contributed by atoms with E-state index in [2.05, 4.69) is 72.6 Å². The Hall–Kier alpha value is -1.30. The zero-order valence-electron chi connectivity index (χ0n) is 27.0. The Labute approximate surface area is 250 Å². The number of carbonyl (C=O) groups excluding carboxylic acids is 2. The number of piperidine rings is 1. The molecule has 6 atom stereocenters. The summed E-state index contributed by atoms with van der Waals surface area (Å²) in [6.07, 6.45) is 3.84. The summed E-state index contributed by atoms with van der Waals surface area (Å²) in [5.74, 6) is 1.17. The van der Waals surface area contributed by atoms with Gasteiger partial charge in [0.15, 0.2) is 0 Å². The second-order valence-corrected chi connectivity index (χ2v) is 12.6. The van der Waals surface area contributed by atoms with Gasteiger partial charge in [-0.1, -0.05) is 27.7 Å². The second kappa shape index (κ2) is 20.6. The summed E-state index contributed by atoms with van der Waals surface area (Å²) in [7, 11) is 0. The number of morpholine rings is 1. The highest BCUT2D eigenvalue weighted by Gasteiger charge is 2.28. The molecule has 2 unspecified atom stereocenters. The molecule has 0 bridgehead atoms. The molecule has 2 fully saturated rings. The molecule has 0 spiro atoms. The normalized spacial score (nSPS) is 23.5. The van der Waals surface area contributed by atoms with Crippen molar-refractivity contribution in [3.05, 3.63) is 0 Å². The molecule has 0 aromatic carbocycles. The van der Waals surface area contributed by atoms with Crippen LogP contribution in [-0.2, 0) is 19.1 Å². The highest BCUT2D eigenvalue weighted by Crippen LogP contribution is 2.18. The van der Waals surface area contributed by atoms with Crippen LogP contribution < -0.4 is 21.3 Å². The number of ether oxygens (including phenoxy) is 2. The van der Waals surface area contributed by atoms with Crippen LogP contribution in [0.15, 0.2) is 0 Å². The minimum absolute atomic E-state index is 0.0481. The van der Waals surface area contributed by atoms with Crippen LogP contribution in [0.1, 0.15) is 67.2 Å². The number of rotatable bonds is 20. The number of likely N-dealkylation sites (tertiary alicyclic amines) is 1. The van der Waals surface area contributed by atoms with Crippen LogP contribution in [0.5, 0.6) is 0 Å². The van der Waals surface area contributed by atoms with Crippen molar-refractivity contribution in [2.24, 2.45) is 17.8 Å². The number of hydrogen-bond acceptors (Lipinski definition) is 8. The number of amides is 2. The largest absolute Gasteiger partial charge is 0.378 e. The van der Waals surface area contributed by atoms with Crippen LogP contribution in [0.2, 0.25) is 0 Å². The minimum atomic E-state index is -0.438. The lowest BCUT2D eigenvalue weighted by Gasteiger charge is -2.34. The molecule has 0 aromatic rings. The van der Waals surface area contributed by atoms with E-state index in [1.807, 2.05) is 0 Å². The van der Waals surface area contributed by atoms with Crippen molar-refractivity contribution in [2.75, 3.05) is 85.3 Å². The van der Waals surface area contributed by atoms with E-state index >= 15 is 0 Å². The number of carbonyl (C=O) groups is 2. The third-order valence-corrected chi connectivity index (χ3v) is 8.40. The van der Waals surface area contributed by atoms with Gasteiger partial charge < -0.3 is 35.6 Å². The fraction of sp³-hybridized carbons (Fsp3) is 0.935. The molecule has 2 saturated heterocycles. The standard InChI is InChI=1S/C31H62N6O4/c1-7-26(5)34-18-24(3)20-36-13-9-10-28(22-36)30(38)32-11-15-40-16-12-33-31(39)29-23-37(14-17-41-29)21-25(4)19-35-27(6)8-2/h24-29,34-35H,7-23H2,1-6H3,(H,32,38)(H,33,39)/t24?,25?,26-,27-,28+,29+/m1/s1. The van der Waals surface area contributed by atoms with E-state index in [0.717, 1.165) is 71.5 Å². The van der Waals surface area contributed by atoms with Crippen molar-refractivity contribution in [1.82, 2.24) is 31.1 Å². The van der Waals surface area contributed by atoms with Crippen molar-refractivity contribution in [2.45, 2.75) is 85.4 Å². The maximum absolute atomic E-state index is 12.7. The van der Waals surface area contributed by atoms with Gasteiger partial charge in [0.05, 0.1) is 25.7 Å². The summed E-state index contributed by atoms with van der Waals surface area (Å²) < 4.78 is 11.4. The predicted octanol–water partition coefficient (Wildman–Crippen LogP) is 1.70. The van der Waals surface area contributed by atoms with Crippen molar-refractivity contribution in [3.8, 4) is 0 Å². The average molecular weight is 583 g/mol. The lowest BCUT2D eigenvalue weighted by molar-refractivity contribution is -0.139. The van der Waals surface area contributed by atoms with Crippen LogP contribution in [0.3, 0.4) is 0 Å². The Bertz CT molecular complexity index is 671. The molecule has 0 aliphatic carbocycles. The van der Waals surface area contributed by atoms with Gasteiger partial charge in [0.25, 0.3) is 5.91 Å². The summed E-state index contributed by atoms with van der Waals surface area (Å²) >= 11 is 0. The average Bonchev–Trinajstić information content (AvgIpc) is 2.98. The van der Waals surface area contributed by atoms with Gasteiger partial charge >= 0.3 is 0 Å². The van der Waals surface area contributed by atoms with Crippen LogP contribution in [0.4, 0.5) is 0 Å². The maximum Gasteiger partial charge on any atom is 0.250 e. The van der Waals surface area contributed by atoms with Crippen molar-refractivity contribution in [3.63, 3.8) is 0 Å². The van der Waals surface area contributed by atoms with Gasteiger partial charge in [-0.3, -0.25) is 14.5 Å². The topological polar surface area (TPSA) is 107 Å². The molecular formula is C31H62N6O4. The Balaban J connectivity index is 1.53. The zero-order chi connectivity index (χ0) is 30.0. The highest BCUT2D eigenvalue weighted by atomic mass is 16.5. The third kappa shape index (κ3) is 15.1. The first kappa shape index (κ1) is 35.9. The Kier molecular flexibility index (Phi) is 18.0. The Morgan fingerprint density at radius 3 is 1.98 bits per heavy atom. The van der Waals surface area contributed by atoms with Gasteiger partial charge in [0.2, 0.25) is 5.91 Å². The first-order valence-electron chi connectivity index (χ1n) is 16.4. The SMILES string of the molecule is CC[C@@H](C)NCC(C)CN1CCC[C@H](C(=O)NCCOCCNC(=O)[C@@H]2CN(CC(C)CN[C@H](C)CC)CCO2)C1. The number of nitrogens with zero attached hydrogens (tertiary/aromatic N) is 2. The lowest BCUT2D eigenvalue weighted by atomic mass is 9.96. The summed E-state index contributed by atoms with van der Waals surface area (Å²) in [6.45, 7) is 23.1. The molecule has 10 nitrogen and oxygen atoms in total. The maximum atomic E-state index is 12.7. The summed E-state index contributed by atoms with van der Waals surface area (Å²) in [4.78, 5) is 30.1. The van der Waals surface area contributed by atoms with E-state index < -0.39 is 6.10 Å². The highest BCUT2D eigenvalue weighted by molar-refractivity contribution is 5.81. The van der Waals surface area contributed by atoms with Crippen LogP contribution in [0, 0.1) is 17.8 Å². The van der Waals surface area contributed by atoms with E-state index in [9.17, 15) is 9.59 Å². The molecule has 2 amide bonds. The molecule has 10 heteroatoms. The van der Waals surface area contributed by atoms with Crippen molar-refractivity contribution in [1.29, 1.82) is 0 Å². The fourth-order valence-electron chi connectivity index (χ4n) is 5.42.